The topological polar surface area (TPSA) is 128 Å². The van der Waals surface area contributed by atoms with Crippen LogP contribution < -0.4 is 20.3 Å². The number of carboxylic acid groups (broad SMARTS) is 1. The molecule has 0 unspecified atom stereocenters. The molecule has 216 valence electrons. The molecule has 9 nitrogen and oxygen atoms in total. The number of benzene rings is 2. The Morgan fingerprint density at radius 3 is 2.18 bits per heavy atom. The third-order valence-electron chi connectivity index (χ3n) is 5.65. The number of aliphatic carboxylic acids is 1. The summed E-state index contributed by atoms with van der Waals surface area (Å²) in [4.78, 5) is 23.8. The van der Waals surface area contributed by atoms with Gasteiger partial charge in [0.15, 0.2) is 0 Å². The highest BCUT2D eigenvalue weighted by atomic mass is 32.2. The summed E-state index contributed by atoms with van der Waals surface area (Å²) in [6.45, 7) is 9.87. The molecule has 1 aliphatic rings. The molecule has 0 radical (unpaired) electrons. The molecule has 1 saturated heterocycles. The quantitative estimate of drug-likeness (QED) is 0.359. The van der Waals surface area contributed by atoms with Gasteiger partial charge in [0.1, 0.15) is 0 Å². The second-order valence-electron chi connectivity index (χ2n) is 9.38. The first-order chi connectivity index (χ1) is 18.2. The van der Waals surface area contributed by atoms with Gasteiger partial charge in [0.05, 0.1) is 16.3 Å². The van der Waals surface area contributed by atoms with Gasteiger partial charge in [0.25, 0.3) is 15.9 Å². The SMILES string of the molecule is CCCc1ccc(S(=O)(=O)Nc2cc(C(=O)NCC(C)C)ccc2N2CCNCC2)cc1.O=C(O)C(F)(F)F. The van der Waals surface area contributed by atoms with E-state index in [-0.39, 0.29) is 10.8 Å². The molecule has 0 atom stereocenters. The second-order valence-corrected chi connectivity index (χ2v) is 11.1. The molecule has 2 aromatic carbocycles. The third kappa shape index (κ3) is 10.1. The van der Waals surface area contributed by atoms with E-state index < -0.39 is 22.2 Å². The number of carbonyl (C=O) groups is 2. The van der Waals surface area contributed by atoms with E-state index in [0.29, 0.717) is 23.7 Å². The first-order valence-corrected chi connectivity index (χ1v) is 14.0. The van der Waals surface area contributed by atoms with E-state index in [1.54, 1.807) is 24.3 Å². The Labute approximate surface area is 226 Å². The number of nitrogens with zero attached hydrogens (tertiary/aromatic N) is 1. The lowest BCUT2D eigenvalue weighted by molar-refractivity contribution is -0.192. The molecule has 1 fully saturated rings. The predicted octanol–water partition coefficient (Wildman–Crippen LogP) is 3.87. The summed E-state index contributed by atoms with van der Waals surface area (Å²) in [5.41, 5.74) is 2.73. The van der Waals surface area contributed by atoms with E-state index in [1.165, 1.54) is 0 Å². The molecule has 39 heavy (non-hydrogen) atoms. The Kier molecular flexibility index (Phi) is 11.6. The average Bonchev–Trinajstić information content (AvgIpc) is 2.88. The first kappa shape index (κ1) is 31.9. The number of carboxylic acids is 1. The number of alkyl halides is 3. The zero-order chi connectivity index (χ0) is 29.2. The van der Waals surface area contributed by atoms with Gasteiger partial charge < -0.3 is 20.6 Å². The van der Waals surface area contributed by atoms with E-state index in [2.05, 4.69) is 27.2 Å². The highest BCUT2D eigenvalue weighted by Gasteiger charge is 2.38. The van der Waals surface area contributed by atoms with Crippen LogP contribution in [-0.2, 0) is 21.2 Å². The molecule has 1 amide bonds. The van der Waals surface area contributed by atoms with Crippen molar-refractivity contribution >= 4 is 33.3 Å². The van der Waals surface area contributed by atoms with Crippen molar-refractivity contribution in [3.05, 3.63) is 53.6 Å². The van der Waals surface area contributed by atoms with Crippen LogP contribution in [0.3, 0.4) is 0 Å². The average molecular weight is 573 g/mol. The van der Waals surface area contributed by atoms with Gasteiger partial charge in [-0.05, 0) is 48.2 Å². The van der Waals surface area contributed by atoms with Crippen LogP contribution in [0.15, 0.2) is 47.4 Å². The molecule has 3 rings (SSSR count). The number of halogens is 3. The fourth-order valence-corrected chi connectivity index (χ4v) is 4.73. The number of piperazine rings is 1. The van der Waals surface area contributed by atoms with Gasteiger partial charge in [0, 0.05) is 38.3 Å². The normalized spacial score (nSPS) is 13.9. The fourth-order valence-electron chi connectivity index (χ4n) is 3.67. The van der Waals surface area contributed by atoms with Crippen LogP contribution in [0.1, 0.15) is 43.1 Å². The van der Waals surface area contributed by atoms with Crippen molar-refractivity contribution in [3.8, 4) is 0 Å². The van der Waals surface area contributed by atoms with Gasteiger partial charge in [-0.2, -0.15) is 13.2 Å². The zero-order valence-electron chi connectivity index (χ0n) is 22.1. The van der Waals surface area contributed by atoms with Crippen molar-refractivity contribution in [3.63, 3.8) is 0 Å². The Bertz CT molecular complexity index is 1210. The molecule has 1 aliphatic heterocycles. The van der Waals surface area contributed by atoms with E-state index >= 15 is 0 Å². The molecule has 0 aliphatic carbocycles. The lowest BCUT2D eigenvalue weighted by Gasteiger charge is -2.31. The summed E-state index contributed by atoms with van der Waals surface area (Å²) >= 11 is 0. The van der Waals surface area contributed by atoms with Crippen LogP contribution >= 0.6 is 0 Å². The van der Waals surface area contributed by atoms with Gasteiger partial charge in [-0.25, -0.2) is 13.2 Å². The molecule has 2 aromatic rings. The van der Waals surface area contributed by atoms with Crippen LogP contribution in [0.2, 0.25) is 0 Å². The number of hydrogen-bond acceptors (Lipinski definition) is 6. The summed E-state index contributed by atoms with van der Waals surface area (Å²) in [7, 11) is -3.80. The second kappa shape index (κ2) is 14.2. The maximum atomic E-state index is 13.2. The predicted molar refractivity (Wildman–Crippen MR) is 144 cm³/mol. The Hall–Kier alpha value is -3.32. The number of hydrogen-bond donors (Lipinski definition) is 4. The van der Waals surface area contributed by atoms with Crippen LogP contribution in [0, 0.1) is 5.92 Å². The summed E-state index contributed by atoms with van der Waals surface area (Å²) in [5.74, 6) is -2.64. The Morgan fingerprint density at radius 2 is 1.67 bits per heavy atom. The lowest BCUT2D eigenvalue weighted by atomic mass is 10.1. The standard InChI is InChI=1S/C24H34N4O3S.C2HF3O2/c1-4-5-19-6-9-21(10-7-19)32(30,31)27-22-16-20(24(29)26-17-18(2)3)8-11-23(22)28-14-12-25-13-15-28;3-2(4,5)1(6)7/h6-11,16,18,25,27H,4-5,12-15,17H2,1-3H3,(H,26,29);(H,6,7). The molecule has 1 heterocycles. The molecule has 4 N–H and O–H groups in total. The largest absolute Gasteiger partial charge is 0.490 e. The van der Waals surface area contributed by atoms with Crippen molar-refractivity contribution < 1.29 is 36.3 Å². The van der Waals surface area contributed by atoms with Crippen LogP contribution in [0.25, 0.3) is 0 Å². The molecule has 0 bridgehead atoms. The van der Waals surface area contributed by atoms with Crippen molar-refractivity contribution in [1.82, 2.24) is 10.6 Å². The number of carbonyl (C=O) groups excluding carboxylic acids is 1. The van der Waals surface area contributed by atoms with Crippen LogP contribution in [-0.4, -0.2) is 64.3 Å². The Morgan fingerprint density at radius 1 is 1.08 bits per heavy atom. The highest BCUT2D eigenvalue weighted by Crippen LogP contribution is 2.30. The van der Waals surface area contributed by atoms with Gasteiger partial charge in [-0.1, -0.05) is 39.3 Å². The minimum Gasteiger partial charge on any atom is -0.475 e. The third-order valence-corrected chi connectivity index (χ3v) is 7.03. The number of aryl methyl sites for hydroxylation is 1. The van der Waals surface area contributed by atoms with Crippen molar-refractivity contribution in [2.24, 2.45) is 5.92 Å². The summed E-state index contributed by atoms with van der Waals surface area (Å²) in [6.07, 6.45) is -3.17. The molecule has 0 spiro atoms. The monoisotopic (exact) mass is 572 g/mol. The van der Waals surface area contributed by atoms with Gasteiger partial charge >= 0.3 is 12.1 Å². The number of rotatable bonds is 9. The molecule has 0 saturated carbocycles. The maximum Gasteiger partial charge on any atom is 0.490 e. The molecule has 0 aromatic heterocycles. The zero-order valence-corrected chi connectivity index (χ0v) is 23.0. The van der Waals surface area contributed by atoms with Gasteiger partial charge in [-0.3, -0.25) is 9.52 Å². The minimum atomic E-state index is -5.08. The van der Waals surface area contributed by atoms with Crippen molar-refractivity contribution in [2.45, 2.75) is 44.7 Å². The lowest BCUT2D eigenvalue weighted by Crippen LogP contribution is -2.43. The maximum absolute atomic E-state index is 13.2. The van der Waals surface area contributed by atoms with Crippen molar-refractivity contribution in [2.75, 3.05) is 42.3 Å². The molecule has 13 heteroatoms. The molecular formula is C26H35F3N4O5S. The summed E-state index contributed by atoms with van der Waals surface area (Å²) in [6, 6.07) is 12.2. The highest BCUT2D eigenvalue weighted by molar-refractivity contribution is 7.92. The smallest absolute Gasteiger partial charge is 0.475 e. The van der Waals surface area contributed by atoms with Gasteiger partial charge in [-0.15, -0.1) is 0 Å². The van der Waals surface area contributed by atoms with Gasteiger partial charge in [0.2, 0.25) is 0 Å². The van der Waals surface area contributed by atoms with Crippen molar-refractivity contribution in [1.29, 1.82) is 0 Å². The van der Waals surface area contributed by atoms with E-state index in [0.717, 1.165) is 50.3 Å². The van der Waals surface area contributed by atoms with E-state index in [4.69, 9.17) is 9.90 Å². The molecular weight excluding hydrogens is 537 g/mol. The summed E-state index contributed by atoms with van der Waals surface area (Å²) < 4.78 is 60.8. The fraction of sp³-hybridized carbons (Fsp3) is 0.462. The Balaban J connectivity index is 0.000000673. The number of sulfonamides is 1. The number of nitrogens with one attached hydrogen (secondary N) is 3. The van der Waals surface area contributed by atoms with Crippen LogP contribution in [0.4, 0.5) is 24.5 Å². The number of amides is 1. The van der Waals surface area contributed by atoms with E-state index in [9.17, 15) is 26.4 Å². The van der Waals surface area contributed by atoms with Crippen LogP contribution in [0.5, 0.6) is 0 Å². The summed E-state index contributed by atoms with van der Waals surface area (Å²) in [5, 5.41) is 13.3. The van der Waals surface area contributed by atoms with E-state index in [1.807, 2.05) is 32.0 Å². The number of anilines is 2. The minimum absolute atomic E-state index is 0.207. The first-order valence-electron chi connectivity index (χ1n) is 12.5.